The Morgan fingerprint density at radius 3 is 2.64 bits per heavy atom. The van der Waals surface area contributed by atoms with Crippen molar-refractivity contribution >= 4 is 16.8 Å². The van der Waals surface area contributed by atoms with E-state index in [0.29, 0.717) is 23.6 Å². The van der Waals surface area contributed by atoms with Crippen LogP contribution < -0.4 is 14.8 Å². The molecule has 0 radical (unpaired) electrons. The summed E-state index contributed by atoms with van der Waals surface area (Å²) in [5.74, 6) is 0.716. The van der Waals surface area contributed by atoms with Crippen LogP contribution in [0, 0.1) is 0 Å². The van der Waals surface area contributed by atoms with E-state index in [1.165, 1.54) is 7.11 Å². The zero-order valence-corrected chi connectivity index (χ0v) is 14.6. The molecule has 0 saturated carbocycles. The van der Waals surface area contributed by atoms with E-state index >= 15 is 0 Å². The number of hydrogen-bond acceptors (Lipinski definition) is 4. The average molecular weight is 339 g/mol. The summed E-state index contributed by atoms with van der Waals surface area (Å²) in [4.78, 5) is 12.6. The van der Waals surface area contributed by atoms with Crippen molar-refractivity contribution in [1.29, 1.82) is 0 Å². The number of nitrogens with zero attached hydrogens (tertiary/aromatic N) is 2. The summed E-state index contributed by atoms with van der Waals surface area (Å²) in [6, 6.07) is 13.2. The summed E-state index contributed by atoms with van der Waals surface area (Å²) in [6.07, 6.45) is 0. The van der Waals surface area contributed by atoms with Gasteiger partial charge in [0.2, 0.25) is 0 Å². The van der Waals surface area contributed by atoms with Crippen LogP contribution in [0.4, 0.5) is 0 Å². The molecule has 0 aliphatic heterocycles. The first kappa shape index (κ1) is 16.8. The summed E-state index contributed by atoms with van der Waals surface area (Å²) in [7, 11) is 3.06. The smallest absolute Gasteiger partial charge is 0.255 e. The van der Waals surface area contributed by atoms with Crippen LogP contribution in [0.1, 0.15) is 23.0 Å². The number of rotatable bonds is 6. The number of nitrogens with one attached hydrogen (secondary N) is 1. The van der Waals surface area contributed by atoms with Gasteiger partial charge in [-0.05, 0) is 25.1 Å². The van der Waals surface area contributed by atoms with Crippen molar-refractivity contribution in [3.63, 3.8) is 0 Å². The first-order chi connectivity index (χ1) is 12.2. The molecule has 2 aromatic carbocycles. The van der Waals surface area contributed by atoms with Gasteiger partial charge >= 0.3 is 0 Å². The van der Waals surface area contributed by atoms with E-state index in [4.69, 9.17) is 9.47 Å². The highest BCUT2D eigenvalue weighted by Gasteiger charge is 2.17. The minimum atomic E-state index is -0.231. The summed E-state index contributed by atoms with van der Waals surface area (Å²) < 4.78 is 12.5. The molecule has 0 atom stereocenters. The van der Waals surface area contributed by atoms with Crippen LogP contribution in [-0.2, 0) is 13.1 Å². The summed E-state index contributed by atoms with van der Waals surface area (Å²) in [5.41, 5.74) is 2.34. The standard InChI is InChI=1S/C19H21N3O3/c1-4-22-16-10-6-5-8-13(16)15(21-22)12-20-19(23)14-9-7-11-17(24-2)18(14)25-3/h5-11H,4,12H2,1-3H3,(H,20,23). The number of ether oxygens (including phenoxy) is 2. The maximum Gasteiger partial charge on any atom is 0.255 e. The lowest BCUT2D eigenvalue weighted by Crippen LogP contribution is -2.24. The quantitative estimate of drug-likeness (QED) is 0.750. The number of amides is 1. The van der Waals surface area contributed by atoms with Gasteiger partial charge in [0.05, 0.1) is 37.5 Å². The zero-order valence-electron chi connectivity index (χ0n) is 14.6. The van der Waals surface area contributed by atoms with Crippen LogP contribution in [0.5, 0.6) is 11.5 Å². The minimum Gasteiger partial charge on any atom is -0.493 e. The van der Waals surface area contributed by atoms with E-state index in [1.807, 2.05) is 35.9 Å². The van der Waals surface area contributed by atoms with Crippen molar-refractivity contribution in [1.82, 2.24) is 15.1 Å². The number of fused-ring (bicyclic) bond motifs is 1. The van der Waals surface area contributed by atoms with Crippen molar-refractivity contribution in [3.05, 3.63) is 53.7 Å². The Kier molecular flexibility index (Phi) is 4.88. The first-order valence-electron chi connectivity index (χ1n) is 8.13. The highest BCUT2D eigenvalue weighted by Crippen LogP contribution is 2.30. The summed E-state index contributed by atoms with van der Waals surface area (Å²) >= 11 is 0. The molecule has 3 aromatic rings. The Morgan fingerprint density at radius 2 is 1.92 bits per heavy atom. The van der Waals surface area contributed by atoms with Crippen LogP contribution in [0.15, 0.2) is 42.5 Å². The second kappa shape index (κ2) is 7.25. The zero-order chi connectivity index (χ0) is 17.8. The summed E-state index contributed by atoms with van der Waals surface area (Å²) in [5, 5.41) is 8.56. The molecular weight excluding hydrogens is 318 g/mol. The Bertz CT molecular complexity index is 902. The maximum atomic E-state index is 12.6. The van der Waals surface area contributed by atoms with Gasteiger partial charge in [0.1, 0.15) is 0 Å². The van der Waals surface area contributed by atoms with Crippen molar-refractivity contribution < 1.29 is 14.3 Å². The van der Waals surface area contributed by atoms with Gasteiger partial charge in [-0.15, -0.1) is 0 Å². The highest BCUT2D eigenvalue weighted by atomic mass is 16.5. The van der Waals surface area contributed by atoms with Crippen LogP contribution >= 0.6 is 0 Å². The largest absolute Gasteiger partial charge is 0.493 e. The molecule has 6 heteroatoms. The van der Waals surface area contributed by atoms with Crippen molar-refractivity contribution in [2.24, 2.45) is 0 Å². The SMILES string of the molecule is CCn1nc(CNC(=O)c2cccc(OC)c2OC)c2ccccc21. The number of carbonyl (C=O) groups excluding carboxylic acids is 1. The van der Waals surface area contributed by atoms with E-state index < -0.39 is 0 Å². The Hall–Kier alpha value is -3.02. The van der Waals surface area contributed by atoms with Gasteiger partial charge in [-0.1, -0.05) is 24.3 Å². The van der Waals surface area contributed by atoms with Crippen molar-refractivity contribution in [2.75, 3.05) is 14.2 Å². The molecule has 1 aromatic heterocycles. The highest BCUT2D eigenvalue weighted by molar-refractivity contribution is 5.98. The van der Waals surface area contributed by atoms with Gasteiger partial charge in [-0.25, -0.2) is 0 Å². The van der Waals surface area contributed by atoms with Crippen LogP contribution in [0.25, 0.3) is 10.9 Å². The molecule has 0 spiro atoms. The van der Waals surface area contributed by atoms with Gasteiger partial charge in [-0.3, -0.25) is 9.48 Å². The first-order valence-corrected chi connectivity index (χ1v) is 8.13. The van der Waals surface area contributed by atoms with Crippen LogP contribution in [0.3, 0.4) is 0 Å². The maximum absolute atomic E-state index is 12.6. The van der Waals surface area contributed by atoms with Crippen molar-refractivity contribution in [3.8, 4) is 11.5 Å². The number of aryl methyl sites for hydroxylation is 1. The third-order valence-corrected chi connectivity index (χ3v) is 4.10. The van der Waals surface area contributed by atoms with Gasteiger partial charge < -0.3 is 14.8 Å². The second-order valence-electron chi connectivity index (χ2n) is 5.50. The van der Waals surface area contributed by atoms with Crippen molar-refractivity contribution in [2.45, 2.75) is 20.0 Å². The van der Waals surface area contributed by atoms with Crippen LogP contribution in [-0.4, -0.2) is 29.9 Å². The lowest BCUT2D eigenvalue weighted by Gasteiger charge is -2.12. The molecule has 0 unspecified atom stereocenters. The van der Waals surface area contributed by atoms with Gasteiger partial charge in [0.25, 0.3) is 5.91 Å². The fraction of sp³-hybridized carbons (Fsp3) is 0.263. The lowest BCUT2D eigenvalue weighted by atomic mass is 10.1. The molecule has 0 fully saturated rings. The van der Waals surface area contributed by atoms with Crippen LogP contribution in [0.2, 0.25) is 0 Å². The lowest BCUT2D eigenvalue weighted by molar-refractivity contribution is 0.0947. The van der Waals surface area contributed by atoms with E-state index in [-0.39, 0.29) is 5.91 Å². The monoisotopic (exact) mass is 339 g/mol. The number of methoxy groups -OCH3 is 2. The molecule has 6 nitrogen and oxygen atoms in total. The molecule has 1 heterocycles. The topological polar surface area (TPSA) is 65.4 Å². The predicted octanol–water partition coefficient (Wildman–Crippen LogP) is 3.00. The molecule has 0 aliphatic carbocycles. The second-order valence-corrected chi connectivity index (χ2v) is 5.50. The molecule has 25 heavy (non-hydrogen) atoms. The van der Waals surface area contributed by atoms with E-state index in [2.05, 4.69) is 10.4 Å². The number of hydrogen-bond donors (Lipinski definition) is 1. The number of aromatic nitrogens is 2. The third kappa shape index (κ3) is 3.15. The molecule has 1 amide bonds. The predicted molar refractivity (Wildman–Crippen MR) is 96.1 cm³/mol. The molecule has 0 bridgehead atoms. The number of benzene rings is 2. The van der Waals surface area contributed by atoms with Gasteiger partial charge in [0.15, 0.2) is 11.5 Å². The van der Waals surface area contributed by atoms with Gasteiger partial charge in [0, 0.05) is 11.9 Å². The van der Waals surface area contributed by atoms with E-state index in [9.17, 15) is 4.79 Å². The average Bonchev–Trinajstić information content (AvgIpc) is 3.03. The minimum absolute atomic E-state index is 0.231. The number of carbonyl (C=O) groups is 1. The van der Waals surface area contributed by atoms with E-state index in [1.54, 1.807) is 25.3 Å². The fourth-order valence-corrected chi connectivity index (χ4v) is 2.89. The Balaban J connectivity index is 1.84. The number of para-hydroxylation sites is 2. The molecule has 130 valence electrons. The van der Waals surface area contributed by atoms with E-state index in [0.717, 1.165) is 23.1 Å². The normalized spacial score (nSPS) is 10.7. The Morgan fingerprint density at radius 1 is 1.12 bits per heavy atom. The molecule has 0 saturated heterocycles. The fourth-order valence-electron chi connectivity index (χ4n) is 2.89. The summed E-state index contributed by atoms with van der Waals surface area (Å²) in [6.45, 7) is 3.16. The molecular formula is C19H21N3O3. The molecule has 3 rings (SSSR count). The third-order valence-electron chi connectivity index (χ3n) is 4.10. The molecule has 1 N–H and O–H groups in total. The van der Waals surface area contributed by atoms with Gasteiger partial charge in [-0.2, -0.15) is 5.10 Å². The molecule has 0 aliphatic rings. The Labute approximate surface area is 146 Å².